The summed E-state index contributed by atoms with van der Waals surface area (Å²) in [5.41, 5.74) is 1.93. The lowest BCUT2D eigenvalue weighted by atomic mass is 9.95. The van der Waals surface area contributed by atoms with Crippen LogP contribution in [0.15, 0.2) is 68.0 Å². The Morgan fingerprint density at radius 2 is 2.00 bits per heavy atom. The zero-order chi connectivity index (χ0) is 26.0. The quantitative estimate of drug-likeness (QED) is 0.332. The minimum absolute atomic E-state index is 0.198. The van der Waals surface area contributed by atoms with E-state index in [9.17, 15) is 14.4 Å². The molecule has 1 atom stereocenters. The van der Waals surface area contributed by atoms with Gasteiger partial charge in [-0.1, -0.05) is 29.5 Å². The summed E-state index contributed by atoms with van der Waals surface area (Å²) in [6, 6.07) is 11.7. The van der Waals surface area contributed by atoms with E-state index in [0.29, 0.717) is 42.1 Å². The van der Waals surface area contributed by atoms with Gasteiger partial charge < -0.3 is 14.2 Å². The Bertz CT molecular complexity index is 1570. The van der Waals surface area contributed by atoms with Crippen LogP contribution in [0, 0.1) is 0 Å². The molecule has 10 heteroatoms. The number of hydrogen-bond acceptors (Lipinski definition) is 8. The van der Waals surface area contributed by atoms with Gasteiger partial charge in [0.25, 0.3) is 5.56 Å². The van der Waals surface area contributed by atoms with Crippen molar-refractivity contribution in [3.05, 3.63) is 89.0 Å². The molecule has 0 spiro atoms. The van der Waals surface area contributed by atoms with Crippen LogP contribution in [0.25, 0.3) is 6.08 Å². The summed E-state index contributed by atoms with van der Waals surface area (Å²) in [5.74, 6) is 0.0342. The maximum Gasteiger partial charge on any atom is 0.338 e. The average Bonchev–Trinajstić information content (AvgIpc) is 3.14. The third-order valence-corrected chi connectivity index (χ3v) is 7.04. The molecule has 1 aliphatic heterocycles. The number of esters is 2. The van der Waals surface area contributed by atoms with E-state index >= 15 is 0 Å². The molecule has 8 nitrogen and oxygen atoms in total. The first-order valence-corrected chi connectivity index (χ1v) is 12.7. The van der Waals surface area contributed by atoms with E-state index in [1.54, 1.807) is 57.4 Å². The fourth-order valence-corrected chi connectivity index (χ4v) is 5.44. The number of rotatable bonds is 6. The van der Waals surface area contributed by atoms with Crippen molar-refractivity contribution in [2.75, 3.05) is 13.7 Å². The van der Waals surface area contributed by atoms with E-state index in [0.717, 1.165) is 5.56 Å². The smallest absolute Gasteiger partial charge is 0.338 e. The van der Waals surface area contributed by atoms with E-state index in [4.69, 9.17) is 14.2 Å². The second kappa shape index (κ2) is 10.6. The number of allylic oxidation sites excluding steroid dienone is 1. The van der Waals surface area contributed by atoms with Gasteiger partial charge in [0.15, 0.2) is 4.80 Å². The summed E-state index contributed by atoms with van der Waals surface area (Å²) < 4.78 is 18.4. The zero-order valence-corrected chi connectivity index (χ0v) is 22.4. The number of aromatic nitrogens is 1. The minimum atomic E-state index is -0.726. The predicted octanol–water partition coefficient (Wildman–Crippen LogP) is 3.49. The molecular formula is C26H23BrN2O6S. The van der Waals surface area contributed by atoms with Gasteiger partial charge in [0.05, 0.1) is 40.0 Å². The summed E-state index contributed by atoms with van der Waals surface area (Å²) in [6.07, 6.45) is 1.73. The first kappa shape index (κ1) is 25.6. The monoisotopic (exact) mass is 570 g/mol. The van der Waals surface area contributed by atoms with Crippen LogP contribution in [-0.2, 0) is 14.3 Å². The Morgan fingerprint density at radius 3 is 2.67 bits per heavy atom. The van der Waals surface area contributed by atoms with Gasteiger partial charge in [-0.2, -0.15) is 0 Å². The number of hydrogen-bond donors (Lipinski definition) is 0. The second-order valence-electron chi connectivity index (χ2n) is 7.86. The predicted molar refractivity (Wildman–Crippen MR) is 139 cm³/mol. The van der Waals surface area contributed by atoms with Gasteiger partial charge in [-0.3, -0.25) is 14.2 Å². The second-order valence-corrected chi connectivity index (χ2v) is 9.73. The molecule has 0 fully saturated rings. The highest BCUT2D eigenvalue weighted by atomic mass is 79.9. The van der Waals surface area contributed by atoms with E-state index in [-0.39, 0.29) is 12.2 Å². The molecule has 0 radical (unpaired) electrons. The van der Waals surface area contributed by atoms with Gasteiger partial charge in [-0.25, -0.2) is 9.79 Å². The van der Waals surface area contributed by atoms with E-state index < -0.39 is 18.0 Å². The highest BCUT2D eigenvalue weighted by Gasteiger charge is 2.33. The molecule has 36 heavy (non-hydrogen) atoms. The van der Waals surface area contributed by atoms with E-state index in [1.165, 1.54) is 22.8 Å². The topological polar surface area (TPSA) is 96.2 Å². The number of thiazole rings is 1. The first-order chi connectivity index (χ1) is 17.2. The van der Waals surface area contributed by atoms with Crippen LogP contribution in [0.4, 0.5) is 0 Å². The van der Waals surface area contributed by atoms with Gasteiger partial charge in [-0.15, -0.1) is 0 Å². The molecule has 2 heterocycles. The molecule has 4 rings (SSSR count). The van der Waals surface area contributed by atoms with Crippen molar-refractivity contribution < 1.29 is 23.8 Å². The highest BCUT2D eigenvalue weighted by Crippen LogP contribution is 2.32. The van der Waals surface area contributed by atoms with Crippen molar-refractivity contribution >= 4 is 45.3 Å². The number of methoxy groups -OCH3 is 1. The van der Waals surface area contributed by atoms with Crippen molar-refractivity contribution in [1.29, 1.82) is 0 Å². The lowest BCUT2D eigenvalue weighted by Crippen LogP contribution is -2.39. The number of halogens is 1. The van der Waals surface area contributed by atoms with Crippen molar-refractivity contribution in [2.45, 2.75) is 26.8 Å². The summed E-state index contributed by atoms with van der Waals surface area (Å²) >= 11 is 4.63. The number of benzene rings is 2. The van der Waals surface area contributed by atoms with Crippen molar-refractivity contribution in [2.24, 2.45) is 4.99 Å². The Balaban J connectivity index is 1.89. The molecule has 0 saturated carbocycles. The average molecular weight is 571 g/mol. The van der Waals surface area contributed by atoms with Crippen molar-refractivity contribution in [3.8, 4) is 11.5 Å². The third kappa shape index (κ3) is 5.05. The molecule has 0 bridgehead atoms. The number of nitrogens with zero attached hydrogens (tertiary/aromatic N) is 2. The standard InChI is InChI=1S/C26H23BrN2O6S/c1-5-34-25(32)22-14(2)28-26-29(23(22)17-7-6-8-18(13-17)33-4)24(31)21(36-26)12-16-9-10-20(19(27)11-16)35-15(3)30/h6-13,23H,5H2,1-4H3/b21-12-/t23-/m0/s1. The zero-order valence-electron chi connectivity index (χ0n) is 20.0. The SMILES string of the molecule is CCOC(=O)C1=C(C)N=c2s/c(=C\c3ccc(OC(C)=O)c(Br)c3)c(=O)n2[C@H]1c1cccc(OC)c1. The number of ether oxygens (including phenoxy) is 3. The van der Waals surface area contributed by atoms with Gasteiger partial charge in [0.2, 0.25) is 0 Å². The molecule has 0 saturated heterocycles. The normalized spacial score (nSPS) is 15.2. The highest BCUT2D eigenvalue weighted by molar-refractivity contribution is 9.10. The fraction of sp³-hybridized carbons (Fsp3) is 0.231. The van der Waals surface area contributed by atoms with Gasteiger partial charge >= 0.3 is 11.9 Å². The summed E-state index contributed by atoms with van der Waals surface area (Å²) in [7, 11) is 1.56. The molecular weight excluding hydrogens is 548 g/mol. The third-order valence-electron chi connectivity index (χ3n) is 5.43. The largest absolute Gasteiger partial charge is 0.497 e. The minimum Gasteiger partial charge on any atom is -0.497 e. The summed E-state index contributed by atoms with van der Waals surface area (Å²) in [4.78, 5) is 43.0. The molecule has 0 unspecified atom stereocenters. The lowest BCUT2D eigenvalue weighted by Gasteiger charge is -2.25. The first-order valence-electron chi connectivity index (χ1n) is 11.0. The number of carbonyl (C=O) groups excluding carboxylic acids is 2. The molecule has 186 valence electrons. The molecule has 3 aromatic rings. The van der Waals surface area contributed by atoms with Crippen molar-refractivity contribution in [3.63, 3.8) is 0 Å². The lowest BCUT2D eigenvalue weighted by molar-refractivity contribution is -0.139. The van der Waals surface area contributed by atoms with Crippen LogP contribution in [0.1, 0.15) is 37.9 Å². The molecule has 0 amide bonds. The molecule has 1 aromatic heterocycles. The summed E-state index contributed by atoms with van der Waals surface area (Å²) in [6.45, 7) is 4.99. The van der Waals surface area contributed by atoms with Crippen LogP contribution in [-0.4, -0.2) is 30.2 Å². The van der Waals surface area contributed by atoms with Crippen LogP contribution in [0.5, 0.6) is 11.5 Å². The van der Waals surface area contributed by atoms with Gasteiger partial charge in [0.1, 0.15) is 11.5 Å². The molecule has 2 aromatic carbocycles. The van der Waals surface area contributed by atoms with Crippen LogP contribution in [0.2, 0.25) is 0 Å². The van der Waals surface area contributed by atoms with Crippen molar-refractivity contribution in [1.82, 2.24) is 4.57 Å². The Kier molecular flexibility index (Phi) is 7.56. The Morgan fingerprint density at radius 1 is 1.22 bits per heavy atom. The number of fused-ring (bicyclic) bond motifs is 1. The maximum atomic E-state index is 13.7. The maximum absolute atomic E-state index is 13.7. The van der Waals surface area contributed by atoms with E-state index in [1.807, 2.05) is 12.1 Å². The molecule has 0 N–H and O–H groups in total. The fourth-order valence-electron chi connectivity index (χ4n) is 3.91. The Labute approximate surface area is 219 Å². The van der Waals surface area contributed by atoms with Crippen LogP contribution in [0.3, 0.4) is 0 Å². The van der Waals surface area contributed by atoms with Gasteiger partial charge in [-0.05, 0) is 71.2 Å². The van der Waals surface area contributed by atoms with Gasteiger partial charge in [0, 0.05) is 6.92 Å². The molecule has 1 aliphatic rings. The van der Waals surface area contributed by atoms with Crippen LogP contribution >= 0.6 is 27.3 Å². The van der Waals surface area contributed by atoms with Crippen LogP contribution < -0.4 is 24.4 Å². The molecule has 0 aliphatic carbocycles. The van der Waals surface area contributed by atoms with E-state index in [2.05, 4.69) is 20.9 Å². The number of carbonyl (C=O) groups is 2. The summed E-state index contributed by atoms with van der Waals surface area (Å²) in [5, 5.41) is 0. The Hall–Kier alpha value is -3.50.